The Morgan fingerprint density at radius 3 is 2.48 bits per heavy atom. The van der Waals surface area contributed by atoms with Gasteiger partial charge in [-0.1, -0.05) is 37.6 Å². The van der Waals surface area contributed by atoms with Crippen LogP contribution >= 0.6 is 0 Å². The number of carbonyl (C=O) groups excluding carboxylic acids is 2. The summed E-state index contributed by atoms with van der Waals surface area (Å²) < 4.78 is 0. The highest BCUT2D eigenvalue weighted by Crippen LogP contribution is 2.28. The van der Waals surface area contributed by atoms with Gasteiger partial charge in [-0.05, 0) is 42.7 Å². The Morgan fingerprint density at radius 2 is 1.74 bits per heavy atom. The van der Waals surface area contributed by atoms with Crippen molar-refractivity contribution in [2.24, 2.45) is 0 Å². The normalized spacial score (nSPS) is 13.3. The second kappa shape index (κ2) is 6.65. The second-order valence-corrected chi connectivity index (χ2v) is 5.71. The molecule has 1 aliphatic heterocycles. The number of benzene rings is 2. The van der Waals surface area contributed by atoms with Gasteiger partial charge in [0.25, 0.3) is 5.78 Å². The molecule has 0 aromatic heterocycles. The SMILES string of the molecule is CCCCc1ccc(NCN2C(=O)C(=O)c3ccccc32)cc1. The van der Waals surface area contributed by atoms with Gasteiger partial charge in [-0.3, -0.25) is 14.5 Å². The zero-order valence-electron chi connectivity index (χ0n) is 13.2. The minimum Gasteiger partial charge on any atom is -0.367 e. The molecular formula is C19H20N2O2. The Hall–Kier alpha value is -2.62. The number of carbonyl (C=O) groups is 2. The van der Waals surface area contributed by atoms with Crippen molar-refractivity contribution in [3.05, 3.63) is 59.7 Å². The summed E-state index contributed by atoms with van der Waals surface area (Å²) >= 11 is 0. The average molecular weight is 308 g/mol. The molecular weight excluding hydrogens is 288 g/mol. The molecule has 118 valence electrons. The molecule has 0 spiro atoms. The standard InChI is InChI=1S/C19H20N2O2/c1-2-3-6-14-9-11-15(12-10-14)20-13-21-17-8-5-4-7-16(17)18(22)19(21)23/h4-5,7-12,20H,2-3,6,13H2,1H3. The summed E-state index contributed by atoms with van der Waals surface area (Å²) in [6.07, 6.45) is 3.46. The summed E-state index contributed by atoms with van der Waals surface area (Å²) in [6.45, 7) is 2.47. The monoisotopic (exact) mass is 308 g/mol. The van der Waals surface area contributed by atoms with Crippen molar-refractivity contribution in [2.75, 3.05) is 16.9 Å². The van der Waals surface area contributed by atoms with E-state index in [2.05, 4.69) is 24.4 Å². The summed E-state index contributed by atoms with van der Waals surface area (Å²) in [4.78, 5) is 25.5. The topological polar surface area (TPSA) is 49.4 Å². The van der Waals surface area contributed by atoms with Crippen LogP contribution in [0.4, 0.5) is 11.4 Å². The fourth-order valence-corrected chi connectivity index (χ4v) is 2.75. The molecule has 0 radical (unpaired) electrons. The zero-order chi connectivity index (χ0) is 16.2. The molecule has 0 bridgehead atoms. The van der Waals surface area contributed by atoms with Crippen molar-refractivity contribution < 1.29 is 9.59 Å². The van der Waals surface area contributed by atoms with Gasteiger partial charge in [0.2, 0.25) is 0 Å². The fraction of sp³-hybridized carbons (Fsp3) is 0.263. The van der Waals surface area contributed by atoms with Gasteiger partial charge in [-0.15, -0.1) is 0 Å². The number of amides is 1. The highest BCUT2D eigenvalue weighted by molar-refractivity contribution is 6.52. The van der Waals surface area contributed by atoms with E-state index in [-0.39, 0.29) is 6.67 Å². The van der Waals surface area contributed by atoms with Crippen LogP contribution in [0.5, 0.6) is 0 Å². The number of aryl methyl sites for hydroxylation is 1. The third-order valence-electron chi connectivity index (χ3n) is 4.09. The fourth-order valence-electron chi connectivity index (χ4n) is 2.75. The van der Waals surface area contributed by atoms with Crippen LogP contribution in [0.25, 0.3) is 0 Å². The smallest absolute Gasteiger partial charge is 0.300 e. The number of hydrogen-bond acceptors (Lipinski definition) is 3. The van der Waals surface area contributed by atoms with E-state index in [9.17, 15) is 9.59 Å². The number of para-hydroxylation sites is 1. The lowest BCUT2D eigenvalue weighted by molar-refractivity contribution is -0.114. The minimum atomic E-state index is -0.474. The Bertz CT molecular complexity index is 722. The van der Waals surface area contributed by atoms with E-state index in [1.54, 1.807) is 18.2 Å². The lowest BCUT2D eigenvalue weighted by atomic mass is 10.1. The van der Waals surface area contributed by atoms with Gasteiger partial charge in [0.1, 0.15) is 0 Å². The number of hydrogen-bond donors (Lipinski definition) is 1. The van der Waals surface area contributed by atoms with Crippen molar-refractivity contribution in [1.82, 2.24) is 0 Å². The number of ketones is 1. The van der Waals surface area contributed by atoms with Crippen LogP contribution in [-0.2, 0) is 11.2 Å². The van der Waals surface area contributed by atoms with Crippen LogP contribution in [0.2, 0.25) is 0 Å². The van der Waals surface area contributed by atoms with Crippen molar-refractivity contribution in [2.45, 2.75) is 26.2 Å². The molecule has 23 heavy (non-hydrogen) atoms. The van der Waals surface area contributed by atoms with E-state index in [4.69, 9.17) is 0 Å². The van der Waals surface area contributed by atoms with Crippen LogP contribution in [0.15, 0.2) is 48.5 Å². The summed E-state index contributed by atoms with van der Waals surface area (Å²) in [5.74, 6) is -0.907. The summed E-state index contributed by atoms with van der Waals surface area (Å²) in [6, 6.07) is 15.3. The summed E-state index contributed by atoms with van der Waals surface area (Å²) in [7, 11) is 0. The molecule has 0 unspecified atom stereocenters. The maximum Gasteiger partial charge on any atom is 0.300 e. The summed E-state index contributed by atoms with van der Waals surface area (Å²) in [5.41, 5.74) is 3.41. The molecule has 0 atom stereocenters. The number of fused-ring (bicyclic) bond motifs is 1. The first-order valence-electron chi connectivity index (χ1n) is 7.98. The van der Waals surface area contributed by atoms with Crippen LogP contribution < -0.4 is 10.2 Å². The number of nitrogens with zero attached hydrogens (tertiary/aromatic N) is 1. The minimum absolute atomic E-state index is 0.288. The molecule has 0 fully saturated rings. The lowest BCUT2D eigenvalue weighted by Crippen LogP contribution is -2.34. The maximum atomic E-state index is 12.1. The number of rotatable bonds is 6. The van der Waals surface area contributed by atoms with Crippen molar-refractivity contribution >= 4 is 23.1 Å². The Balaban J connectivity index is 1.67. The maximum absolute atomic E-state index is 12.1. The average Bonchev–Trinajstić information content (AvgIpc) is 2.84. The molecule has 0 saturated heterocycles. The van der Waals surface area contributed by atoms with Gasteiger partial charge in [0.15, 0.2) is 0 Å². The lowest BCUT2D eigenvalue weighted by Gasteiger charge is -2.18. The van der Waals surface area contributed by atoms with E-state index in [1.165, 1.54) is 23.3 Å². The Kier molecular flexibility index (Phi) is 4.42. The van der Waals surface area contributed by atoms with E-state index >= 15 is 0 Å². The predicted octanol–water partition coefficient (Wildman–Crippen LogP) is 3.63. The molecule has 1 amide bonds. The van der Waals surface area contributed by atoms with Crippen LogP contribution in [0.1, 0.15) is 35.7 Å². The van der Waals surface area contributed by atoms with Gasteiger partial charge < -0.3 is 5.32 Å². The molecule has 1 N–H and O–H groups in total. The van der Waals surface area contributed by atoms with E-state index in [1.807, 2.05) is 18.2 Å². The Labute approximate surface area is 136 Å². The molecule has 0 saturated carbocycles. The first kappa shape index (κ1) is 15.3. The van der Waals surface area contributed by atoms with Gasteiger partial charge in [0, 0.05) is 5.69 Å². The third-order valence-corrected chi connectivity index (χ3v) is 4.09. The number of unbranched alkanes of at least 4 members (excludes halogenated alkanes) is 1. The highest BCUT2D eigenvalue weighted by atomic mass is 16.2. The van der Waals surface area contributed by atoms with Gasteiger partial charge in [-0.25, -0.2) is 0 Å². The highest BCUT2D eigenvalue weighted by Gasteiger charge is 2.35. The molecule has 1 aliphatic rings. The zero-order valence-corrected chi connectivity index (χ0v) is 13.2. The predicted molar refractivity (Wildman–Crippen MR) is 91.8 cm³/mol. The van der Waals surface area contributed by atoms with Gasteiger partial charge in [0.05, 0.1) is 17.9 Å². The van der Waals surface area contributed by atoms with Gasteiger partial charge in [-0.2, -0.15) is 0 Å². The molecule has 3 rings (SSSR count). The van der Waals surface area contributed by atoms with Crippen LogP contribution in [0, 0.1) is 0 Å². The van der Waals surface area contributed by atoms with E-state index in [0.29, 0.717) is 11.3 Å². The summed E-state index contributed by atoms with van der Waals surface area (Å²) in [5, 5.41) is 3.21. The number of nitrogens with one attached hydrogen (secondary N) is 1. The first-order valence-corrected chi connectivity index (χ1v) is 7.98. The quantitative estimate of drug-likeness (QED) is 0.829. The van der Waals surface area contributed by atoms with Crippen LogP contribution in [0.3, 0.4) is 0 Å². The van der Waals surface area contributed by atoms with Crippen molar-refractivity contribution in [1.29, 1.82) is 0 Å². The van der Waals surface area contributed by atoms with E-state index in [0.717, 1.165) is 12.1 Å². The number of Topliss-reactive ketones (excluding diaryl/α,β-unsaturated/α-hetero) is 1. The van der Waals surface area contributed by atoms with E-state index < -0.39 is 11.7 Å². The largest absolute Gasteiger partial charge is 0.367 e. The Morgan fingerprint density at radius 1 is 1.00 bits per heavy atom. The number of anilines is 2. The van der Waals surface area contributed by atoms with Crippen molar-refractivity contribution in [3.63, 3.8) is 0 Å². The molecule has 1 heterocycles. The molecule has 4 nitrogen and oxygen atoms in total. The molecule has 2 aromatic carbocycles. The second-order valence-electron chi connectivity index (χ2n) is 5.71. The molecule has 0 aliphatic carbocycles. The molecule has 2 aromatic rings. The van der Waals surface area contributed by atoms with Crippen molar-refractivity contribution in [3.8, 4) is 0 Å². The van der Waals surface area contributed by atoms with Gasteiger partial charge >= 0.3 is 5.91 Å². The first-order chi connectivity index (χ1) is 11.2. The molecule has 4 heteroatoms. The third kappa shape index (κ3) is 3.11. The van der Waals surface area contributed by atoms with Crippen LogP contribution in [-0.4, -0.2) is 18.4 Å².